The highest BCUT2D eigenvalue weighted by atomic mass is 16.5. The molecule has 0 aliphatic carbocycles. The van der Waals surface area contributed by atoms with E-state index in [1.165, 1.54) is 5.56 Å². The van der Waals surface area contributed by atoms with Crippen molar-refractivity contribution in [2.24, 2.45) is 0 Å². The Morgan fingerprint density at radius 2 is 1.90 bits per heavy atom. The number of piperazine rings is 1. The highest BCUT2D eigenvalue weighted by Gasteiger charge is 2.19. The zero-order valence-corrected chi connectivity index (χ0v) is 12.4. The van der Waals surface area contributed by atoms with E-state index < -0.39 is 0 Å². The van der Waals surface area contributed by atoms with Crippen LogP contribution in [0.4, 0.5) is 0 Å². The molecule has 0 bridgehead atoms. The highest BCUT2D eigenvalue weighted by molar-refractivity contribution is 5.94. The van der Waals surface area contributed by atoms with Gasteiger partial charge in [0.25, 0.3) is 5.91 Å². The summed E-state index contributed by atoms with van der Waals surface area (Å²) >= 11 is 0. The minimum Gasteiger partial charge on any atom is -0.378 e. The summed E-state index contributed by atoms with van der Waals surface area (Å²) in [5.74, 6) is 0.125. The largest absolute Gasteiger partial charge is 0.378 e. The van der Waals surface area contributed by atoms with Crippen molar-refractivity contribution in [3.63, 3.8) is 0 Å². The first-order valence-electron chi connectivity index (χ1n) is 7.72. The predicted octanol–water partition coefficient (Wildman–Crippen LogP) is 0.564. The Kier molecular flexibility index (Phi) is 4.85. The van der Waals surface area contributed by atoms with E-state index in [9.17, 15) is 4.79 Å². The molecule has 0 spiro atoms. The number of morpholine rings is 1. The molecule has 21 heavy (non-hydrogen) atoms. The van der Waals surface area contributed by atoms with Crippen molar-refractivity contribution in [2.45, 2.75) is 6.54 Å². The number of carbonyl (C=O) groups is 1. The van der Waals surface area contributed by atoms with Crippen molar-refractivity contribution in [2.75, 3.05) is 52.5 Å². The maximum Gasteiger partial charge on any atom is 0.254 e. The third kappa shape index (κ3) is 3.81. The minimum absolute atomic E-state index is 0.125. The molecule has 2 fully saturated rings. The van der Waals surface area contributed by atoms with E-state index in [4.69, 9.17) is 4.74 Å². The normalized spacial score (nSPS) is 20.5. The third-order valence-corrected chi connectivity index (χ3v) is 4.09. The van der Waals surface area contributed by atoms with Crippen LogP contribution in [-0.4, -0.2) is 68.2 Å². The number of benzene rings is 1. The van der Waals surface area contributed by atoms with Crippen molar-refractivity contribution in [3.05, 3.63) is 35.4 Å². The van der Waals surface area contributed by atoms with Crippen LogP contribution in [0.3, 0.4) is 0 Å². The molecule has 0 atom stereocenters. The molecule has 2 aliphatic rings. The van der Waals surface area contributed by atoms with Crippen LogP contribution < -0.4 is 5.32 Å². The second-order valence-corrected chi connectivity index (χ2v) is 5.63. The number of hydrogen-bond donors (Lipinski definition) is 1. The molecule has 0 aromatic heterocycles. The predicted molar refractivity (Wildman–Crippen MR) is 81.3 cm³/mol. The summed E-state index contributed by atoms with van der Waals surface area (Å²) in [5, 5.41) is 3.36. The molecular formula is C16H23N3O2. The molecule has 5 heteroatoms. The van der Waals surface area contributed by atoms with Gasteiger partial charge in [0.15, 0.2) is 0 Å². The third-order valence-electron chi connectivity index (χ3n) is 4.09. The van der Waals surface area contributed by atoms with Gasteiger partial charge in [0.1, 0.15) is 0 Å². The molecule has 0 unspecified atom stereocenters. The van der Waals surface area contributed by atoms with E-state index >= 15 is 0 Å². The number of ether oxygens (including phenoxy) is 1. The molecule has 1 N–H and O–H groups in total. The Hall–Kier alpha value is -1.43. The Morgan fingerprint density at radius 3 is 2.67 bits per heavy atom. The maximum atomic E-state index is 12.5. The quantitative estimate of drug-likeness (QED) is 0.883. The van der Waals surface area contributed by atoms with Gasteiger partial charge in [-0.2, -0.15) is 0 Å². The molecule has 5 nitrogen and oxygen atoms in total. The van der Waals surface area contributed by atoms with Gasteiger partial charge in [0, 0.05) is 51.4 Å². The van der Waals surface area contributed by atoms with Crippen LogP contribution in [-0.2, 0) is 11.3 Å². The molecule has 1 aromatic rings. The van der Waals surface area contributed by atoms with Crippen LogP contribution in [0.5, 0.6) is 0 Å². The monoisotopic (exact) mass is 289 g/mol. The molecule has 114 valence electrons. The zero-order valence-electron chi connectivity index (χ0n) is 12.4. The molecule has 1 amide bonds. The fraction of sp³-hybridized carbons (Fsp3) is 0.562. The van der Waals surface area contributed by atoms with Crippen LogP contribution in [0.15, 0.2) is 24.3 Å². The molecule has 2 aliphatic heterocycles. The molecule has 3 rings (SSSR count). The lowest BCUT2D eigenvalue weighted by molar-refractivity contribution is 0.0303. The molecular weight excluding hydrogens is 266 g/mol. The minimum atomic E-state index is 0.125. The van der Waals surface area contributed by atoms with Crippen molar-refractivity contribution >= 4 is 5.91 Å². The number of nitrogens with zero attached hydrogens (tertiary/aromatic N) is 2. The van der Waals surface area contributed by atoms with Gasteiger partial charge in [0.2, 0.25) is 0 Å². The smallest absolute Gasteiger partial charge is 0.254 e. The van der Waals surface area contributed by atoms with Gasteiger partial charge in [-0.1, -0.05) is 12.1 Å². The van der Waals surface area contributed by atoms with E-state index in [0.29, 0.717) is 26.3 Å². The average Bonchev–Trinajstić information content (AvgIpc) is 2.56. The lowest BCUT2D eigenvalue weighted by Crippen LogP contribution is -2.43. The Bertz CT molecular complexity index is 480. The fourth-order valence-electron chi connectivity index (χ4n) is 2.88. The molecule has 1 aromatic carbocycles. The van der Waals surface area contributed by atoms with E-state index in [1.807, 2.05) is 23.1 Å². The van der Waals surface area contributed by atoms with Crippen LogP contribution in [0, 0.1) is 0 Å². The highest BCUT2D eigenvalue weighted by Crippen LogP contribution is 2.12. The van der Waals surface area contributed by atoms with Crippen molar-refractivity contribution < 1.29 is 9.53 Å². The molecule has 0 saturated carbocycles. The lowest BCUT2D eigenvalue weighted by atomic mass is 10.1. The summed E-state index contributed by atoms with van der Waals surface area (Å²) in [7, 11) is 0. The van der Waals surface area contributed by atoms with E-state index in [-0.39, 0.29) is 5.91 Å². The molecule has 0 radical (unpaired) electrons. The topological polar surface area (TPSA) is 44.8 Å². The number of carbonyl (C=O) groups excluding carboxylic acids is 1. The van der Waals surface area contributed by atoms with E-state index in [1.54, 1.807) is 0 Å². The van der Waals surface area contributed by atoms with Gasteiger partial charge in [-0.05, 0) is 17.7 Å². The summed E-state index contributed by atoms with van der Waals surface area (Å²) < 4.78 is 5.30. The summed E-state index contributed by atoms with van der Waals surface area (Å²) in [6, 6.07) is 8.06. The van der Waals surface area contributed by atoms with Crippen molar-refractivity contribution in [1.82, 2.24) is 15.1 Å². The number of nitrogens with one attached hydrogen (secondary N) is 1. The SMILES string of the molecule is O=C(c1cccc(CN2CCNCC2)c1)N1CCOCC1. The Balaban J connectivity index is 1.65. The standard InChI is InChI=1S/C16H23N3O2/c20-16(19-8-10-21-11-9-19)15-3-1-2-14(12-15)13-18-6-4-17-5-7-18/h1-3,12,17H,4-11,13H2. The van der Waals surface area contributed by atoms with Crippen LogP contribution in [0.25, 0.3) is 0 Å². The lowest BCUT2D eigenvalue weighted by Gasteiger charge is -2.28. The van der Waals surface area contributed by atoms with Crippen LogP contribution >= 0.6 is 0 Å². The van der Waals surface area contributed by atoms with Gasteiger partial charge >= 0.3 is 0 Å². The van der Waals surface area contributed by atoms with Crippen molar-refractivity contribution in [1.29, 1.82) is 0 Å². The average molecular weight is 289 g/mol. The van der Waals surface area contributed by atoms with Crippen LogP contribution in [0.1, 0.15) is 15.9 Å². The number of rotatable bonds is 3. The summed E-state index contributed by atoms with van der Waals surface area (Å²) in [6.45, 7) is 7.84. The molecule has 2 heterocycles. The van der Waals surface area contributed by atoms with E-state index in [0.717, 1.165) is 38.3 Å². The first-order chi connectivity index (χ1) is 10.3. The van der Waals surface area contributed by atoms with Gasteiger partial charge in [-0.15, -0.1) is 0 Å². The molecule has 2 saturated heterocycles. The van der Waals surface area contributed by atoms with Gasteiger partial charge in [-0.25, -0.2) is 0 Å². The van der Waals surface area contributed by atoms with Gasteiger partial charge < -0.3 is 15.0 Å². The second kappa shape index (κ2) is 7.02. The van der Waals surface area contributed by atoms with E-state index in [2.05, 4.69) is 16.3 Å². The number of amides is 1. The first-order valence-corrected chi connectivity index (χ1v) is 7.72. The second-order valence-electron chi connectivity index (χ2n) is 5.63. The first kappa shape index (κ1) is 14.5. The number of hydrogen-bond acceptors (Lipinski definition) is 4. The van der Waals surface area contributed by atoms with Gasteiger partial charge in [-0.3, -0.25) is 9.69 Å². The Labute approximate surface area is 125 Å². The zero-order chi connectivity index (χ0) is 14.5. The summed E-state index contributed by atoms with van der Waals surface area (Å²) in [5.41, 5.74) is 2.01. The fourth-order valence-corrected chi connectivity index (χ4v) is 2.88. The summed E-state index contributed by atoms with van der Waals surface area (Å²) in [6.07, 6.45) is 0. The summed E-state index contributed by atoms with van der Waals surface area (Å²) in [4.78, 5) is 16.8. The maximum absolute atomic E-state index is 12.5. The van der Waals surface area contributed by atoms with Gasteiger partial charge in [0.05, 0.1) is 13.2 Å². The van der Waals surface area contributed by atoms with Crippen molar-refractivity contribution in [3.8, 4) is 0 Å². The Morgan fingerprint density at radius 1 is 1.14 bits per heavy atom. The van der Waals surface area contributed by atoms with Crippen LogP contribution in [0.2, 0.25) is 0 Å².